The van der Waals surface area contributed by atoms with Crippen LogP contribution in [0.5, 0.6) is 0 Å². The van der Waals surface area contributed by atoms with Crippen molar-refractivity contribution in [3.63, 3.8) is 0 Å². The molecule has 10 heteroatoms. The molecule has 126 valence electrons. The first kappa shape index (κ1) is 17.3. The fourth-order valence-electron chi connectivity index (χ4n) is 1.98. The molecule has 0 unspecified atom stereocenters. The molecule has 0 fully saturated rings. The Kier molecular flexibility index (Phi) is 4.51. The summed E-state index contributed by atoms with van der Waals surface area (Å²) in [5.41, 5.74) is 4.31. The van der Waals surface area contributed by atoms with Crippen LogP contribution in [0.4, 0.5) is 15.8 Å². The number of carbonyl (C=O) groups is 1. The Hall–Kier alpha value is -3.01. The van der Waals surface area contributed by atoms with Crippen molar-refractivity contribution in [3.8, 4) is 0 Å². The minimum atomic E-state index is -4.18. The third-order valence-electron chi connectivity index (χ3n) is 3.16. The van der Waals surface area contributed by atoms with Crippen molar-refractivity contribution < 1.29 is 22.5 Å². The predicted octanol–water partition coefficient (Wildman–Crippen LogP) is 1.94. The molecule has 0 bridgehead atoms. The Morgan fingerprint density at radius 1 is 1.25 bits per heavy atom. The Bertz CT molecular complexity index is 943. The largest absolute Gasteiger partial charge is 0.366 e. The van der Waals surface area contributed by atoms with Gasteiger partial charge in [-0.15, -0.1) is 0 Å². The maximum absolute atomic E-state index is 13.4. The maximum atomic E-state index is 13.4. The van der Waals surface area contributed by atoms with Crippen molar-refractivity contribution >= 4 is 27.3 Å². The molecule has 0 saturated carbocycles. The van der Waals surface area contributed by atoms with Crippen LogP contribution in [0, 0.1) is 22.9 Å². The van der Waals surface area contributed by atoms with Crippen LogP contribution >= 0.6 is 0 Å². The lowest BCUT2D eigenvalue weighted by Gasteiger charge is -2.11. The summed E-state index contributed by atoms with van der Waals surface area (Å²) in [7, 11) is -4.18. The fraction of sp³-hybridized carbons (Fsp3) is 0.0714. The first-order valence-electron chi connectivity index (χ1n) is 6.49. The van der Waals surface area contributed by atoms with Gasteiger partial charge in [0.2, 0.25) is 0 Å². The van der Waals surface area contributed by atoms with E-state index >= 15 is 0 Å². The van der Waals surface area contributed by atoms with E-state index in [-0.39, 0.29) is 16.1 Å². The molecule has 0 spiro atoms. The number of carbonyl (C=O) groups excluding carboxylic acids is 1. The van der Waals surface area contributed by atoms with E-state index < -0.39 is 37.9 Å². The number of anilines is 1. The first-order valence-corrected chi connectivity index (χ1v) is 7.97. The van der Waals surface area contributed by atoms with Gasteiger partial charge >= 0.3 is 0 Å². The average molecular weight is 353 g/mol. The quantitative estimate of drug-likeness (QED) is 0.626. The van der Waals surface area contributed by atoms with Gasteiger partial charge in [0.25, 0.3) is 21.6 Å². The number of hydrogen-bond acceptors (Lipinski definition) is 5. The number of sulfonamides is 1. The Labute approximate surface area is 136 Å². The zero-order valence-corrected chi connectivity index (χ0v) is 13.1. The van der Waals surface area contributed by atoms with E-state index in [1.807, 2.05) is 0 Å². The monoisotopic (exact) mass is 353 g/mol. The third kappa shape index (κ3) is 3.49. The van der Waals surface area contributed by atoms with Crippen LogP contribution < -0.4 is 10.5 Å². The van der Waals surface area contributed by atoms with Crippen LogP contribution in [-0.2, 0) is 10.0 Å². The number of halogens is 1. The van der Waals surface area contributed by atoms with Gasteiger partial charge in [0.05, 0.1) is 15.4 Å². The lowest BCUT2D eigenvalue weighted by Crippen LogP contribution is -2.17. The number of amides is 1. The van der Waals surface area contributed by atoms with Crippen LogP contribution in [0.2, 0.25) is 0 Å². The number of rotatable bonds is 5. The second-order valence-electron chi connectivity index (χ2n) is 4.87. The number of primary amides is 1. The number of hydrogen-bond donors (Lipinski definition) is 2. The number of nitro benzene ring substituents is 1. The number of nitrogens with one attached hydrogen (secondary N) is 1. The second-order valence-corrected chi connectivity index (χ2v) is 6.52. The predicted molar refractivity (Wildman–Crippen MR) is 83.6 cm³/mol. The van der Waals surface area contributed by atoms with Gasteiger partial charge in [-0.2, -0.15) is 0 Å². The van der Waals surface area contributed by atoms with Crippen molar-refractivity contribution in [2.45, 2.75) is 11.8 Å². The Morgan fingerprint density at radius 3 is 2.50 bits per heavy atom. The standard InChI is InChI=1S/C14H12FN3O5S/c1-8-2-4-10(18(20)21)7-13(8)24(22,23)17-9-3-5-12(15)11(6-9)14(16)19/h2-7,17H,1H3,(H2,16,19). The SMILES string of the molecule is Cc1ccc([N+](=O)[O-])cc1S(=O)(=O)Nc1ccc(F)c(C(N)=O)c1. The normalized spacial score (nSPS) is 11.1. The highest BCUT2D eigenvalue weighted by Gasteiger charge is 2.21. The molecule has 2 aromatic rings. The highest BCUT2D eigenvalue weighted by molar-refractivity contribution is 7.92. The van der Waals surface area contributed by atoms with Crippen molar-refractivity contribution in [1.29, 1.82) is 0 Å². The molecule has 0 heterocycles. The van der Waals surface area contributed by atoms with E-state index in [1.165, 1.54) is 19.1 Å². The lowest BCUT2D eigenvalue weighted by molar-refractivity contribution is -0.385. The molecule has 0 aliphatic rings. The number of benzene rings is 2. The van der Waals surface area contributed by atoms with Crippen molar-refractivity contribution in [1.82, 2.24) is 0 Å². The van der Waals surface area contributed by atoms with E-state index in [1.54, 1.807) is 0 Å². The molecule has 24 heavy (non-hydrogen) atoms. The molecule has 0 aliphatic carbocycles. The summed E-state index contributed by atoms with van der Waals surface area (Å²) in [6.45, 7) is 1.47. The molecule has 0 radical (unpaired) electrons. The number of non-ortho nitro benzene ring substituents is 1. The summed E-state index contributed by atoms with van der Waals surface area (Å²) in [6, 6.07) is 6.33. The smallest absolute Gasteiger partial charge is 0.270 e. The van der Waals surface area contributed by atoms with E-state index in [0.29, 0.717) is 0 Å². The van der Waals surface area contributed by atoms with Crippen molar-refractivity contribution in [3.05, 3.63) is 63.5 Å². The molecule has 2 aromatic carbocycles. The van der Waals surface area contributed by atoms with Gasteiger partial charge in [-0.25, -0.2) is 12.8 Å². The van der Waals surface area contributed by atoms with Gasteiger partial charge in [0.1, 0.15) is 5.82 Å². The second kappa shape index (κ2) is 6.24. The van der Waals surface area contributed by atoms with Crippen LogP contribution in [0.3, 0.4) is 0 Å². The summed E-state index contributed by atoms with van der Waals surface area (Å²) in [6.07, 6.45) is 0. The molecular weight excluding hydrogens is 341 g/mol. The first-order chi connectivity index (χ1) is 11.1. The number of nitro groups is 1. The molecule has 1 amide bonds. The maximum Gasteiger partial charge on any atom is 0.270 e. The molecule has 8 nitrogen and oxygen atoms in total. The zero-order chi connectivity index (χ0) is 18.1. The molecule has 2 rings (SSSR count). The number of nitrogens with zero attached hydrogens (tertiary/aromatic N) is 1. The van der Waals surface area contributed by atoms with Gasteiger partial charge in [-0.3, -0.25) is 19.6 Å². The van der Waals surface area contributed by atoms with Crippen LogP contribution in [0.1, 0.15) is 15.9 Å². The topological polar surface area (TPSA) is 132 Å². The van der Waals surface area contributed by atoms with E-state index in [4.69, 9.17) is 5.73 Å². The van der Waals surface area contributed by atoms with E-state index in [0.717, 1.165) is 24.3 Å². The lowest BCUT2D eigenvalue weighted by atomic mass is 10.2. The third-order valence-corrected chi connectivity index (χ3v) is 4.68. The zero-order valence-electron chi connectivity index (χ0n) is 12.3. The van der Waals surface area contributed by atoms with Gasteiger partial charge in [0.15, 0.2) is 0 Å². The minimum absolute atomic E-state index is 0.101. The van der Waals surface area contributed by atoms with Crippen molar-refractivity contribution in [2.24, 2.45) is 5.73 Å². The van der Waals surface area contributed by atoms with E-state index in [9.17, 15) is 27.7 Å². The highest BCUT2D eigenvalue weighted by Crippen LogP contribution is 2.24. The molecule has 0 saturated heterocycles. The van der Waals surface area contributed by atoms with Crippen LogP contribution in [0.15, 0.2) is 41.3 Å². The highest BCUT2D eigenvalue weighted by atomic mass is 32.2. The van der Waals surface area contributed by atoms with Gasteiger partial charge in [-0.05, 0) is 30.7 Å². The Morgan fingerprint density at radius 2 is 1.92 bits per heavy atom. The summed E-state index contributed by atoms with van der Waals surface area (Å²) in [4.78, 5) is 20.9. The van der Waals surface area contributed by atoms with Gasteiger partial charge in [0, 0.05) is 17.8 Å². The van der Waals surface area contributed by atoms with Crippen molar-refractivity contribution in [2.75, 3.05) is 4.72 Å². The summed E-state index contributed by atoms with van der Waals surface area (Å²) >= 11 is 0. The van der Waals surface area contributed by atoms with Crippen LogP contribution in [0.25, 0.3) is 0 Å². The van der Waals surface area contributed by atoms with Crippen LogP contribution in [-0.4, -0.2) is 19.2 Å². The molecule has 0 aliphatic heterocycles. The molecular formula is C14H12FN3O5S. The number of aryl methyl sites for hydroxylation is 1. The molecule has 0 aromatic heterocycles. The summed E-state index contributed by atoms with van der Waals surface area (Å²) in [5, 5.41) is 10.8. The average Bonchev–Trinajstić information content (AvgIpc) is 2.48. The fourth-order valence-corrected chi connectivity index (χ4v) is 3.29. The minimum Gasteiger partial charge on any atom is -0.366 e. The van der Waals surface area contributed by atoms with E-state index in [2.05, 4.69) is 4.72 Å². The molecule has 0 atom stereocenters. The summed E-state index contributed by atoms with van der Waals surface area (Å²) < 4.78 is 40.4. The number of nitrogens with two attached hydrogens (primary N) is 1. The molecule has 3 N–H and O–H groups in total. The summed E-state index contributed by atoms with van der Waals surface area (Å²) in [5.74, 6) is -1.95. The Balaban J connectivity index is 2.46. The van der Waals surface area contributed by atoms with Gasteiger partial charge in [-0.1, -0.05) is 6.07 Å². The van der Waals surface area contributed by atoms with Gasteiger partial charge < -0.3 is 5.73 Å².